The van der Waals surface area contributed by atoms with E-state index in [9.17, 15) is 4.79 Å². The summed E-state index contributed by atoms with van der Waals surface area (Å²) in [5.74, 6) is -0.0666. The molecule has 3 N–H and O–H groups in total. The lowest BCUT2D eigenvalue weighted by atomic mass is 10.1. The molecule has 1 atom stereocenters. The van der Waals surface area contributed by atoms with Crippen LogP contribution in [-0.4, -0.2) is 16.9 Å². The van der Waals surface area contributed by atoms with Gasteiger partial charge in [0.05, 0.1) is 15.9 Å². The molecule has 0 radical (unpaired) electrons. The molecule has 3 nitrogen and oxygen atoms in total. The lowest BCUT2D eigenvalue weighted by Crippen LogP contribution is -2.43. The smallest absolute Gasteiger partial charge is 0.262 e. The molecular weight excluding hydrogens is 252 g/mol. The zero-order chi connectivity index (χ0) is 12.8. The van der Waals surface area contributed by atoms with Crippen molar-refractivity contribution in [3.05, 3.63) is 21.9 Å². The van der Waals surface area contributed by atoms with Crippen LogP contribution in [0.2, 0.25) is 0 Å². The van der Waals surface area contributed by atoms with E-state index in [1.54, 1.807) is 0 Å². The van der Waals surface area contributed by atoms with Crippen molar-refractivity contribution < 1.29 is 4.79 Å². The lowest BCUT2D eigenvalue weighted by Gasteiger charge is -2.16. The number of carbonyl (C=O) groups is 1. The first-order valence-electron chi connectivity index (χ1n) is 5.76. The van der Waals surface area contributed by atoms with Gasteiger partial charge in [-0.3, -0.25) is 4.79 Å². The normalized spacial score (nSPS) is 12.1. The molecule has 0 aliphatic rings. The van der Waals surface area contributed by atoms with Gasteiger partial charge in [0.25, 0.3) is 5.91 Å². The Bertz CT molecular complexity index is 401. The van der Waals surface area contributed by atoms with Gasteiger partial charge in [-0.2, -0.15) is 0 Å². The number of rotatable bonds is 6. The Morgan fingerprint density at radius 1 is 1.59 bits per heavy atom. The summed E-state index contributed by atoms with van der Waals surface area (Å²) in [5, 5.41) is 4.83. The SMILES string of the molecule is CCCC(NC(=O)c1sccc1CC)C(N)=S. The van der Waals surface area contributed by atoms with Crippen LogP contribution in [0.5, 0.6) is 0 Å². The Kier molecular flexibility index (Phi) is 5.58. The first-order chi connectivity index (χ1) is 8.10. The molecule has 1 aromatic rings. The molecule has 0 spiro atoms. The molecule has 0 aliphatic heterocycles. The molecule has 17 heavy (non-hydrogen) atoms. The predicted octanol–water partition coefficient (Wildman–Crippen LogP) is 2.50. The standard InChI is InChI=1S/C12H18N2OS2/c1-3-5-9(11(13)16)14-12(15)10-8(4-2)6-7-17-10/h6-7,9H,3-5H2,1-2H3,(H2,13,16)(H,14,15). The molecule has 0 bridgehead atoms. The summed E-state index contributed by atoms with van der Waals surface area (Å²) in [6, 6.07) is 1.78. The van der Waals surface area contributed by atoms with Crippen LogP contribution in [0.4, 0.5) is 0 Å². The highest BCUT2D eigenvalue weighted by atomic mass is 32.1. The minimum absolute atomic E-state index is 0.0666. The number of thiophene rings is 1. The van der Waals surface area contributed by atoms with Crippen molar-refractivity contribution >= 4 is 34.5 Å². The van der Waals surface area contributed by atoms with Crippen molar-refractivity contribution in [2.24, 2.45) is 5.73 Å². The van der Waals surface area contributed by atoms with E-state index in [0.717, 1.165) is 29.7 Å². The molecule has 1 heterocycles. The fraction of sp³-hybridized carbons (Fsp3) is 0.500. The van der Waals surface area contributed by atoms with Gasteiger partial charge in [-0.25, -0.2) is 0 Å². The quantitative estimate of drug-likeness (QED) is 0.781. The van der Waals surface area contributed by atoms with Crippen molar-refractivity contribution in [3.63, 3.8) is 0 Å². The van der Waals surface area contributed by atoms with Crippen LogP contribution >= 0.6 is 23.6 Å². The van der Waals surface area contributed by atoms with Gasteiger partial charge in [-0.1, -0.05) is 32.5 Å². The van der Waals surface area contributed by atoms with E-state index >= 15 is 0 Å². The number of thiocarbonyl (C=S) groups is 1. The third-order valence-corrected chi connectivity index (χ3v) is 3.80. The number of aryl methyl sites for hydroxylation is 1. The topological polar surface area (TPSA) is 55.1 Å². The Balaban J connectivity index is 2.73. The Morgan fingerprint density at radius 2 is 2.29 bits per heavy atom. The van der Waals surface area contributed by atoms with Gasteiger partial charge in [0.1, 0.15) is 0 Å². The highest BCUT2D eigenvalue weighted by Gasteiger charge is 2.18. The Hall–Kier alpha value is -0.940. The number of hydrogen-bond acceptors (Lipinski definition) is 3. The van der Waals surface area contributed by atoms with E-state index in [4.69, 9.17) is 18.0 Å². The van der Waals surface area contributed by atoms with Gasteiger partial charge in [-0.15, -0.1) is 11.3 Å². The first-order valence-corrected chi connectivity index (χ1v) is 7.05. The molecule has 0 fully saturated rings. The van der Waals surface area contributed by atoms with Crippen molar-refractivity contribution in [2.75, 3.05) is 0 Å². The number of nitrogens with one attached hydrogen (secondary N) is 1. The second-order valence-electron chi connectivity index (χ2n) is 3.85. The fourth-order valence-electron chi connectivity index (χ4n) is 1.61. The van der Waals surface area contributed by atoms with E-state index in [-0.39, 0.29) is 11.9 Å². The second-order valence-corrected chi connectivity index (χ2v) is 5.23. The summed E-state index contributed by atoms with van der Waals surface area (Å²) in [7, 11) is 0. The van der Waals surface area contributed by atoms with E-state index in [1.807, 2.05) is 25.3 Å². The van der Waals surface area contributed by atoms with Gasteiger partial charge >= 0.3 is 0 Å². The maximum Gasteiger partial charge on any atom is 0.262 e. The monoisotopic (exact) mass is 270 g/mol. The summed E-state index contributed by atoms with van der Waals surface area (Å²) in [6.45, 7) is 4.08. The molecule has 1 aromatic heterocycles. The molecule has 0 aromatic carbocycles. The highest BCUT2D eigenvalue weighted by Crippen LogP contribution is 2.17. The predicted molar refractivity (Wildman–Crippen MR) is 76.6 cm³/mol. The van der Waals surface area contributed by atoms with Crippen LogP contribution in [0.15, 0.2) is 11.4 Å². The van der Waals surface area contributed by atoms with E-state index in [1.165, 1.54) is 11.3 Å². The lowest BCUT2D eigenvalue weighted by molar-refractivity contribution is 0.0949. The number of amides is 1. The zero-order valence-electron chi connectivity index (χ0n) is 10.2. The van der Waals surface area contributed by atoms with Crippen LogP contribution in [0.25, 0.3) is 0 Å². The Labute approximate surface area is 111 Å². The average molecular weight is 270 g/mol. The molecule has 1 rings (SSSR count). The zero-order valence-corrected chi connectivity index (χ0v) is 11.8. The largest absolute Gasteiger partial charge is 0.392 e. The molecule has 0 saturated heterocycles. The van der Waals surface area contributed by atoms with Gasteiger partial charge in [0, 0.05) is 0 Å². The molecule has 0 saturated carbocycles. The van der Waals surface area contributed by atoms with E-state index in [0.29, 0.717) is 4.99 Å². The molecule has 1 amide bonds. The summed E-state index contributed by atoms with van der Waals surface area (Å²) in [4.78, 5) is 13.2. The van der Waals surface area contributed by atoms with Gasteiger partial charge < -0.3 is 11.1 Å². The van der Waals surface area contributed by atoms with Crippen molar-refractivity contribution in [1.29, 1.82) is 0 Å². The summed E-state index contributed by atoms with van der Waals surface area (Å²) in [5.41, 5.74) is 6.69. The fourth-order valence-corrected chi connectivity index (χ4v) is 2.69. The molecule has 94 valence electrons. The minimum atomic E-state index is -0.200. The highest BCUT2D eigenvalue weighted by molar-refractivity contribution is 7.80. The van der Waals surface area contributed by atoms with Crippen LogP contribution in [0.1, 0.15) is 41.9 Å². The summed E-state index contributed by atoms with van der Waals surface area (Å²) >= 11 is 6.42. The number of hydrogen-bond donors (Lipinski definition) is 2. The van der Waals surface area contributed by atoms with Crippen molar-refractivity contribution in [2.45, 2.75) is 39.2 Å². The average Bonchev–Trinajstić information content (AvgIpc) is 2.76. The molecule has 0 aliphatic carbocycles. The number of nitrogens with two attached hydrogens (primary N) is 1. The van der Waals surface area contributed by atoms with Gasteiger partial charge in [0.2, 0.25) is 0 Å². The van der Waals surface area contributed by atoms with Crippen LogP contribution in [0, 0.1) is 0 Å². The van der Waals surface area contributed by atoms with Crippen molar-refractivity contribution in [1.82, 2.24) is 5.32 Å². The van der Waals surface area contributed by atoms with Gasteiger partial charge in [-0.05, 0) is 29.9 Å². The maximum absolute atomic E-state index is 12.1. The van der Waals surface area contributed by atoms with E-state index in [2.05, 4.69) is 5.32 Å². The van der Waals surface area contributed by atoms with E-state index < -0.39 is 0 Å². The van der Waals surface area contributed by atoms with Crippen molar-refractivity contribution in [3.8, 4) is 0 Å². The van der Waals surface area contributed by atoms with Gasteiger partial charge in [0.15, 0.2) is 0 Å². The molecule has 5 heteroatoms. The third-order valence-electron chi connectivity index (χ3n) is 2.56. The maximum atomic E-state index is 12.1. The van der Waals surface area contributed by atoms with Crippen LogP contribution in [-0.2, 0) is 6.42 Å². The molecular formula is C12H18N2OS2. The number of carbonyl (C=O) groups excluding carboxylic acids is 1. The van der Waals surface area contributed by atoms with Crippen LogP contribution < -0.4 is 11.1 Å². The molecule has 1 unspecified atom stereocenters. The third kappa shape index (κ3) is 3.78. The summed E-state index contributed by atoms with van der Waals surface area (Å²) < 4.78 is 0. The second kappa shape index (κ2) is 6.71. The summed E-state index contributed by atoms with van der Waals surface area (Å²) in [6.07, 6.45) is 2.58. The Morgan fingerprint density at radius 3 is 2.82 bits per heavy atom. The van der Waals surface area contributed by atoms with Crippen LogP contribution in [0.3, 0.4) is 0 Å². The minimum Gasteiger partial charge on any atom is -0.392 e. The first kappa shape index (κ1) is 14.1.